The van der Waals surface area contributed by atoms with Gasteiger partial charge in [0, 0.05) is 13.0 Å². The minimum absolute atomic E-state index is 0.00661. The van der Waals surface area contributed by atoms with Crippen LogP contribution >= 0.6 is 0 Å². The Labute approximate surface area is 106 Å². The molecule has 0 heterocycles. The normalized spacial score (nSPS) is 10.1. The molecule has 0 aliphatic heterocycles. The van der Waals surface area contributed by atoms with Crippen LogP contribution in [0, 0.1) is 6.92 Å². The van der Waals surface area contributed by atoms with Gasteiger partial charge in [0.2, 0.25) is 5.91 Å². The Bertz CT molecular complexity index is 444. The molecule has 1 aromatic carbocycles. The van der Waals surface area contributed by atoms with Crippen LogP contribution in [0.2, 0.25) is 0 Å². The first-order chi connectivity index (χ1) is 8.52. The summed E-state index contributed by atoms with van der Waals surface area (Å²) in [6, 6.07) is 5.02. The predicted octanol–water partition coefficient (Wildman–Crippen LogP) is 1.09. The average molecular weight is 250 g/mol. The van der Waals surface area contributed by atoms with Crippen LogP contribution in [0.1, 0.15) is 35.2 Å². The maximum Gasteiger partial charge on any atom is 0.255 e. The molecule has 0 radical (unpaired) electrons. The second kappa shape index (κ2) is 6.64. The van der Waals surface area contributed by atoms with Crippen molar-refractivity contribution in [2.75, 3.05) is 6.54 Å². The van der Waals surface area contributed by atoms with E-state index in [2.05, 4.69) is 5.32 Å². The van der Waals surface area contributed by atoms with E-state index >= 15 is 0 Å². The van der Waals surface area contributed by atoms with E-state index in [9.17, 15) is 14.7 Å². The second-order valence-electron chi connectivity index (χ2n) is 4.15. The SMILES string of the molecule is Cc1cccc(C(=O)NCCCCC(N)=O)c1O. The standard InChI is InChI=1S/C13H18N2O3/c1-9-5-4-6-10(12(9)17)13(18)15-8-3-2-7-11(14)16/h4-6,17H,2-3,7-8H2,1H3,(H2,14,16)(H,15,18). The zero-order valence-electron chi connectivity index (χ0n) is 10.4. The maximum atomic E-state index is 11.8. The number of aryl methyl sites for hydroxylation is 1. The number of carbonyl (C=O) groups excluding carboxylic acids is 2. The van der Waals surface area contributed by atoms with E-state index < -0.39 is 0 Å². The minimum Gasteiger partial charge on any atom is -0.507 e. The number of amides is 2. The Morgan fingerprint density at radius 2 is 2.06 bits per heavy atom. The molecule has 5 heteroatoms. The van der Waals surface area contributed by atoms with E-state index in [1.165, 1.54) is 0 Å². The Balaban J connectivity index is 2.41. The highest BCUT2D eigenvalue weighted by molar-refractivity contribution is 5.97. The van der Waals surface area contributed by atoms with Gasteiger partial charge >= 0.3 is 0 Å². The average Bonchev–Trinajstić information content (AvgIpc) is 2.31. The number of unbranched alkanes of at least 4 members (excludes halogenated alkanes) is 1. The summed E-state index contributed by atoms with van der Waals surface area (Å²) >= 11 is 0. The van der Waals surface area contributed by atoms with Gasteiger partial charge in [-0.25, -0.2) is 0 Å². The Kier molecular flexibility index (Phi) is 5.17. The minimum atomic E-state index is -0.336. The Morgan fingerprint density at radius 1 is 1.33 bits per heavy atom. The van der Waals surface area contributed by atoms with Crippen LogP contribution in [0.5, 0.6) is 5.75 Å². The van der Waals surface area contributed by atoms with Crippen molar-refractivity contribution in [1.29, 1.82) is 0 Å². The van der Waals surface area contributed by atoms with Gasteiger partial charge in [-0.1, -0.05) is 12.1 Å². The third-order valence-electron chi connectivity index (χ3n) is 2.62. The van der Waals surface area contributed by atoms with Gasteiger partial charge in [0.25, 0.3) is 5.91 Å². The van der Waals surface area contributed by atoms with Crippen molar-refractivity contribution in [3.05, 3.63) is 29.3 Å². The summed E-state index contributed by atoms with van der Waals surface area (Å²) < 4.78 is 0. The summed E-state index contributed by atoms with van der Waals surface area (Å²) in [7, 11) is 0. The lowest BCUT2D eigenvalue weighted by atomic mass is 10.1. The molecule has 0 aliphatic rings. The number of primary amides is 1. The molecule has 5 nitrogen and oxygen atoms in total. The van der Waals surface area contributed by atoms with E-state index in [0.717, 1.165) is 0 Å². The zero-order valence-corrected chi connectivity index (χ0v) is 10.4. The molecule has 4 N–H and O–H groups in total. The fraction of sp³-hybridized carbons (Fsp3) is 0.385. The number of aromatic hydroxyl groups is 1. The van der Waals surface area contributed by atoms with Crippen molar-refractivity contribution in [3.63, 3.8) is 0 Å². The smallest absolute Gasteiger partial charge is 0.255 e. The molecule has 0 fully saturated rings. The lowest BCUT2D eigenvalue weighted by Gasteiger charge is -2.08. The Morgan fingerprint density at radius 3 is 2.72 bits per heavy atom. The molecule has 0 bridgehead atoms. The monoisotopic (exact) mass is 250 g/mol. The third-order valence-corrected chi connectivity index (χ3v) is 2.62. The molecule has 18 heavy (non-hydrogen) atoms. The highest BCUT2D eigenvalue weighted by atomic mass is 16.3. The van der Waals surface area contributed by atoms with Gasteiger partial charge in [0.1, 0.15) is 5.75 Å². The van der Waals surface area contributed by atoms with Crippen LogP contribution in [-0.2, 0) is 4.79 Å². The number of rotatable bonds is 6. The molecule has 0 spiro atoms. The first-order valence-electron chi connectivity index (χ1n) is 5.87. The molecule has 1 rings (SSSR count). The zero-order chi connectivity index (χ0) is 13.5. The van der Waals surface area contributed by atoms with E-state index in [1.54, 1.807) is 25.1 Å². The highest BCUT2D eigenvalue weighted by Crippen LogP contribution is 2.20. The topological polar surface area (TPSA) is 92.4 Å². The van der Waals surface area contributed by atoms with E-state index in [0.29, 0.717) is 31.4 Å². The number of phenolic OH excluding ortho intramolecular Hbond substituents is 1. The molecule has 0 saturated carbocycles. The van der Waals surface area contributed by atoms with Gasteiger partial charge in [-0.2, -0.15) is 0 Å². The quantitative estimate of drug-likeness (QED) is 0.660. The van der Waals surface area contributed by atoms with Crippen LogP contribution in [0.25, 0.3) is 0 Å². The number of carbonyl (C=O) groups is 2. The van der Waals surface area contributed by atoms with Crippen molar-refractivity contribution in [3.8, 4) is 5.75 Å². The van der Waals surface area contributed by atoms with Crippen LogP contribution in [0.3, 0.4) is 0 Å². The lowest BCUT2D eigenvalue weighted by Crippen LogP contribution is -2.24. The molecule has 1 aromatic rings. The number of hydrogen-bond acceptors (Lipinski definition) is 3. The molecule has 0 aromatic heterocycles. The second-order valence-corrected chi connectivity index (χ2v) is 4.15. The number of nitrogens with two attached hydrogens (primary N) is 1. The summed E-state index contributed by atoms with van der Waals surface area (Å²) in [6.07, 6.45) is 1.65. The van der Waals surface area contributed by atoms with Crippen molar-refractivity contribution in [2.45, 2.75) is 26.2 Å². The number of nitrogens with one attached hydrogen (secondary N) is 1. The largest absolute Gasteiger partial charge is 0.507 e. The molecule has 0 saturated heterocycles. The fourth-order valence-corrected chi connectivity index (χ4v) is 1.56. The number of benzene rings is 1. The van der Waals surface area contributed by atoms with E-state index in [4.69, 9.17) is 5.73 Å². The molecular weight excluding hydrogens is 232 g/mol. The molecule has 0 aliphatic carbocycles. The van der Waals surface area contributed by atoms with Crippen molar-refractivity contribution < 1.29 is 14.7 Å². The van der Waals surface area contributed by atoms with E-state index in [1.807, 2.05) is 0 Å². The van der Waals surface area contributed by atoms with Crippen molar-refractivity contribution in [1.82, 2.24) is 5.32 Å². The summed E-state index contributed by atoms with van der Waals surface area (Å²) in [6.45, 7) is 2.19. The van der Waals surface area contributed by atoms with Gasteiger partial charge in [0.15, 0.2) is 0 Å². The summed E-state index contributed by atoms with van der Waals surface area (Å²) in [5, 5.41) is 12.4. The maximum absolute atomic E-state index is 11.8. The highest BCUT2D eigenvalue weighted by Gasteiger charge is 2.11. The summed E-state index contributed by atoms with van der Waals surface area (Å²) in [4.78, 5) is 22.3. The first kappa shape index (κ1) is 14.0. The molecule has 2 amide bonds. The number of para-hydroxylation sites is 1. The fourth-order valence-electron chi connectivity index (χ4n) is 1.56. The van der Waals surface area contributed by atoms with Crippen molar-refractivity contribution in [2.24, 2.45) is 5.73 Å². The summed E-state index contributed by atoms with van der Waals surface area (Å²) in [5.41, 5.74) is 5.93. The van der Waals surface area contributed by atoms with Gasteiger partial charge in [-0.05, 0) is 31.4 Å². The Hall–Kier alpha value is -2.04. The molecular formula is C13H18N2O3. The molecule has 0 unspecified atom stereocenters. The van der Waals surface area contributed by atoms with Gasteiger partial charge < -0.3 is 16.2 Å². The first-order valence-corrected chi connectivity index (χ1v) is 5.87. The van der Waals surface area contributed by atoms with E-state index in [-0.39, 0.29) is 23.1 Å². The predicted molar refractivity (Wildman–Crippen MR) is 68.2 cm³/mol. The van der Waals surface area contributed by atoms with Crippen LogP contribution in [0.4, 0.5) is 0 Å². The van der Waals surface area contributed by atoms with Gasteiger partial charge in [0.05, 0.1) is 5.56 Å². The van der Waals surface area contributed by atoms with Crippen LogP contribution in [0.15, 0.2) is 18.2 Å². The summed E-state index contributed by atoms with van der Waals surface area (Å²) in [5.74, 6) is -0.639. The molecule has 0 atom stereocenters. The molecule has 98 valence electrons. The lowest BCUT2D eigenvalue weighted by molar-refractivity contribution is -0.118. The van der Waals surface area contributed by atoms with Crippen LogP contribution in [-0.4, -0.2) is 23.5 Å². The number of hydrogen-bond donors (Lipinski definition) is 3. The third kappa shape index (κ3) is 4.08. The van der Waals surface area contributed by atoms with Gasteiger partial charge in [-0.15, -0.1) is 0 Å². The van der Waals surface area contributed by atoms with Gasteiger partial charge in [-0.3, -0.25) is 9.59 Å². The number of phenols is 1. The van der Waals surface area contributed by atoms with Crippen LogP contribution < -0.4 is 11.1 Å². The van der Waals surface area contributed by atoms with Crippen molar-refractivity contribution >= 4 is 11.8 Å².